The summed E-state index contributed by atoms with van der Waals surface area (Å²) in [5.41, 5.74) is 1.54. The quantitative estimate of drug-likeness (QED) is 0.405. The molecule has 0 aromatic heterocycles. The summed E-state index contributed by atoms with van der Waals surface area (Å²) in [6.45, 7) is 17.6. The summed E-state index contributed by atoms with van der Waals surface area (Å²) in [4.78, 5) is 4.66. The molecule has 0 amide bonds. The first-order valence-corrected chi connectivity index (χ1v) is 7.55. The van der Waals surface area contributed by atoms with Gasteiger partial charge in [-0.05, 0) is 33.6 Å². The molecule has 1 nitrogen and oxygen atoms in total. The minimum atomic E-state index is 0.0657. The van der Waals surface area contributed by atoms with Crippen LogP contribution in [0.2, 0.25) is 0 Å². The van der Waals surface area contributed by atoms with Crippen LogP contribution in [0.5, 0.6) is 0 Å². The summed E-state index contributed by atoms with van der Waals surface area (Å²) in [6, 6.07) is 0.421. The summed E-state index contributed by atoms with van der Waals surface area (Å²) in [6.07, 6.45) is 11.3. The maximum Gasteiger partial charge on any atom is 0.0465 e. The van der Waals surface area contributed by atoms with Crippen LogP contribution in [-0.4, -0.2) is 12.3 Å². The van der Waals surface area contributed by atoms with Crippen molar-refractivity contribution in [2.75, 3.05) is 0 Å². The first-order valence-electron chi connectivity index (χ1n) is 7.55. The SMILES string of the molecule is CCC(C)N=CC(C)(/C=C\C(C)(C)C=C(C)C)CC. The molecule has 2 unspecified atom stereocenters. The van der Waals surface area contributed by atoms with Crippen LogP contribution in [0, 0.1) is 10.8 Å². The summed E-state index contributed by atoms with van der Waals surface area (Å²) in [5.74, 6) is 0. The lowest BCUT2D eigenvalue weighted by Gasteiger charge is -2.23. The van der Waals surface area contributed by atoms with Gasteiger partial charge in [0.15, 0.2) is 0 Å². The van der Waals surface area contributed by atoms with Gasteiger partial charge in [-0.2, -0.15) is 0 Å². The topological polar surface area (TPSA) is 12.4 Å². The van der Waals surface area contributed by atoms with Gasteiger partial charge >= 0.3 is 0 Å². The van der Waals surface area contributed by atoms with Crippen LogP contribution in [-0.2, 0) is 0 Å². The molecule has 0 radical (unpaired) electrons. The zero-order valence-corrected chi connectivity index (χ0v) is 14.2. The zero-order valence-electron chi connectivity index (χ0n) is 14.2. The molecule has 1 heteroatoms. The lowest BCUT2D eigenvalue weighted by Crippen LogP contribution is -2.16. The average molecular weight is 263 g/mol. The van der Waals surface area contributed by atoms with Gasteiger partial charge in [0.05, 0.1) is 0 Å². The van der Waals surface area contributed by atoms with E-state index in [1.54, 1.807) is 0 Å². The van der Waals surface area contributed by atoms with Crippen molar-refractivity contribution in [3.8, 4) is 0 Å². The smallest absolute Gasteiger partial charge is 0.0465 e. The van der Waals surface area contributed by atoms with E-state index in [1.807, 2.05) is 0 Å². The molecular weight excluding hydrogens is 230 g/mol. The van der Waals surface area contributed by atoms with Gasteiger partial charge in [-0.1, -0.05) is 58.4 Å². The van der Waals surface area contributed by atoms with Crippen molar-refractivity contribution >= 4 is 6.21 Å². The second-order valence-corrected chi connectivity index (χ2v) is 6.77. The Bertz CT molecular complexity index is 343. The largest absolute Gasteiger partial charge is 0.294 e. The molecule has 0 spiro atoms. The molecule has 110 valence electrons. The molecule has 0 aliphatic carbocycles. The van der Waals surface area contributed by atoms with Crippen LogP contribution in [0.25, 0.3) is 0 Å². The van der Waals surface area contributed by atoms with E-state index >= 15 is 0 Å². The summed E-state index contributed by atoms with van der Waals surface area (Å²) in [5, 5.41) is 0. The molecule has 0 saturated heterocycles. The molecule has 0 aromatic carbocycles. The zero-order chi connectivity index (χ0) is 15.1. The Morgan fingerprint density at radius 2 is 1.68 bits per heavy atom. The summed E-state index contributed by atoms with van der Waals surface area (Å²) in [7, 11) is 0. The van der Waals surface area contributed by atoms with Crippen LogP contribution >= 0.6 is 0 Å². The van der Waals surface area contributed by atoms with Crippen molar-refractivity contribution in [2.45, 2.75) is 74.3 Å². The molecule has 2 atom stereocenters. The number of allylic oxidation sites excluding steroid dienone is 4. The standard InChI is InChI=1S/C18H33N/c1-9-16(5)19-14-18(8,10-2)12-11-17(6,7)13-15(3)4/h11-14,16H,9-10H2,1-8H3/b12-11-,19-14?. The summed E-state index contributed by atoms with van der Waals surface area (Å²) >= 11 is 0. The van der Waals surface area contributed by atoms with Crippen molar-refractivity contribution in [1.29, 1.82) is 0 Å². The van der Waals surface area contributed by atoms with Gasteiger partial charge in [0.2, 0.25) is 0 Å². The summed E-state index contributed by atoms with van der Waals surface area (Å²) < 4.78 is 0. The molecule has 0 bridgehead atoms. The molecule has 0 heterocycles. The minimum Gasteiger partial charge on any atom is -0.294 e. The van der Waals surface area contributed by atoms with Crippen LogP contribution in [0.15, 0.2) is 28.8 Å². The van der Waals surface area contributed by atoms with Crippen molar-refractivity contribution in [1.82, 2.24) is 0 Å². The minimum absolute atomic E-state index is 0.0657. The molecule has 0 fully saturated rings. The number of hydrogen-bond donors (Lipinski definition) is 0. The normalized spacial score (nSPS) is 17.7. The Hall–Kier alpha value is -0.850. The average Bonchev–Trinajstić information content (AvgIpc) is 2.32. The maximum atomic E-state index is 4.66. The van der Waals surface area contributed by atoms with E-state index in [0.29, 0.717) is 6.04 Å². The first-order chi connectivity index (χ1) is 8.64. The molecule has 0 aliphatic rings. The van der Waals surface area contributed by atoms with Gasteiger partial charge < -0.3 is 0 Å². The van der Waals surface area contributed by atoms with Gasteiger partial charge in [-0.25, -0.2) is 0 Å². The van der Waals surface area contributed by atoms with Gasteiger partial charge in [0.25, 0.3) is 0 Å². The van der Waals surface area contributed by atoms with E-state index in [9.17, 15) is 0 Å². The molecule has 0 saturated carbocycles. The highest BCUT2D eigenvalue weighted by molar-refractivity contribution is 5.68. The maximum absolute atomic E-state index is 4.66. The van der Waals surface area contributed by atoms with Gasteiger partial charge in [-0.15, -0.1) is 0 Å². The Labute approximate surface area is 120 Å². The number of aliphatic imine (C=N–C) groups is 1. The molecule has 0 aromatic rings. The van der Waals surface area contributed by atoms with Gasteiger partial charge in [0, 0.05) is 23.1 Å². The molecule has 0 rings (SSSR count). The predicted octanol–water partition coefficient (Wildman–Crippen LogP) is 5.82. The Morgan fingerprint density at radius 3 is 2.11 bits per heavy atom. The van der Waals surface area contributed by atoms with Crippen molar-refractivity contribution < 1.29 is 0 Å². The fourth-order valence-electron chi connectivity index (χ4n) is 1.85. The van der Waals surface area contributed by atoms with Crippen LogP contribution in [0.4, 0.5) is 0 Å². The Balaban J connectivity index is 4.98. The second-order valence-electron chi connectivity index (χ2n) is 6.77. The fraction of sp³-hybridized carbons (Fsp3) is 0.722. The third-order valence-corrected chi connectivity index (χ3v) is 3.53. The van der Waals surface area contributed by atoms with E-state index in [4.69, 9.17) is 0 Å². The van der Waals surface area contributed by atoms with E-state index in [2.05, 4.69) is 84.8 Å². The lowest BCUT2D eigenvalue weighted by atomic mass is 9.83. The van der Waals surface area contributed by atoms with Gasteiger partial charge in [-0.3, -0.25) is 4.99 Å². The molecule has 0 aliphatic heterocycles. The Kier molecular flexibility index (Phi) is 7.33. The number of rotatable bonds is 7. The highest BCUT2D eigenvalue weighted by Gasteiger charge is 2.18. The molecule has 19 heavy (non-hydrogen) atoms. The van der Waals surface area contributed by atoms with Crippen LogP contribution < -0.4 is 0 Å². The van der Waals surface area contributed by atoms with E-state index in [1.165, 1.54) is 5.57 Å². The monoisotopic (exact) mass is 263 g/mol. The third-order valence-electron chi connectivity index (χ3n) is 3.53. The van der Waals surface area contributed by atoms with Crippen molar-refractivity contribution in [3.05, 3.63) is 23.8 Å². The van der Waals surface area contributed by atoms with E-state index in [-0.39, 0.29) is 10.8 Å². The highest BCUT2D eigenvalue weighted by Crippen LogP contribution is 2.27. The molecular formula is C18H33N. The molecule has 0 N–H and O–H groups in total. The van der Waals surface area contributed by atoms with Crippen LogP contribution in [0.3, 0.4) is 0 Å². The van der Waals surface area contributed by atoms with Crippen molar-refractivity contribution in [2.24, 2.45) is 15.8 Å². The Morgan fingerprint density at radius 1 is 1.11 bits per heavy atom. The second kappa shape index (κ2) is 7.67. The number of hydrogen-bond acceptors (Lipinski definition) is 1. The van der Waals surface area contributed by atoms with Crippen molar-refractivity contribution in [3.63, 3.8) is 0 Å². The highest BCUT2D eigenvalue weighted by atomic mass is 14.8. The van der Waals surface area contributed by atoms with E-state index in [0.717, 1.165) is 12.8 Å². The van der Waals surface area contributed by atoms with E-state index < -0.39 is 0 Å². The van der Waals surface area contributed by atoms with Crippen LogP contribution in [0.1, 0.15) is 68.2 Å². The third kappa shape index (κ3) is 8.02. The fourth-order valence-corrected chi connectivity index (χ4v) is 1.85. The number of nitrogens with zero attached hydrogens (tertiary/aromatic N) is 1. The predicted molar refractivity (Wildman–Crippen MR) is 89.0 cm³/mol. The lowest BCUT2D eigenvalue weighted by molar-refractivity contribution is 0.553. The first kappa shape index (κ1) is 18.1. The van der Waals surface area contributed by atoms with Gasteiger partial charge in [0.1, 0.15) is 0 Å².